The molecule has 2 aromatic rings. The average molecular weight is 486 g/mol. The van der Waals surface area contributed by atoms with Crippen LogP contribution in [0, 0.1) is 0 Å². The van der Waals surface area contributed by atoms with Gasteiger partial charge in [-0.2, -0.15) is 0 Å². The Morgan fingerprint density at radius 3 is 2.48 bits per heavy atom. The average Bonchev–Trinajstić information content (AvgIpc) is 3.22. The van der Waals surface area contributed by atoms with Crippen molar-refractivity contribution in [2.45, 2.75) is 36.2 Å². The van der Waals surface area contributed by atoms with Gasteiger partial charge in [-0.25, -0.2) is 9.97 Å². The van der Waals surface area contributed by atoms with E-state index >= 15 is 0 Å². The zero-order valence-electron chi connectivity index (χ0n) is 19.5. The van der Waals surface area contributed by atoms with E-state index in [4.69, 9.17) is 11.6 Å². The third-order valence-electron chi connectivity index (χ3n) is 7.63. The fraction of sp³-hybridized carbons (Fsp3) is 0.560. The smallest absolute Gasteiger partial charge is 0.157 e. The molecule has 1 atom stereocenters. The Morgan fingerprint density at radius 2 is 1.79 bits per heavy atom. The summed E-state index contributed by atoms with van der Waals surface area (Å²) >= 11 is 8.08. The predicted octanol–water partition coefficient (Wildman–Crippen LogP) is 3.79. The molecule has 3 aliphatic heterocycles. The van der Waals surface area contributed by atoms with Crippen LogP contribution in [-0.4, -0.2) is 78.4 Å². The lowest BCUT2D eigenvalue weighted by Gasteiger charge is -2.42. The van der Waals surface area contributed by atoms with Crippen molar-refractivity contribution >= 4 is 35.0 Å². The Morgan fingerprint density at radius 1 is 1.09 bits per heavy atom. The fourth-order valence-electron chi connectivity index (χ4n) is 5.46. The molecule has 0 N–H and O–H groups in total. The molecule has 2 saturated heterocycles. The van der Waals surface area contributed by atoms with Crippen molar-refractivity contribution < 1.29 is 4.79 Å². The normalized spacial score (nSPS) is 23.5. The Balaban J connectivity index is 1.27. The summed E-state index contributed by atoms with van der Waals surface area (Å²) in [5.74, 6) is 2.42. The first-order chi connectivity index (χ1) is 16.0. The van der Waals surface area contributed by atoms with Crippen molar-refractivity contribution in [3.05, 3.63) is 52.4 Å². The van der Waals surface area contributed by atoms with Gasteiger partial charge in [-0.05, 0) is 57.6 Å². The number of aromatic nitrogens is 2. The van der Waals surface area contributed by atoms with Gasteiger partial charge in [0.1, 0.15) is 12.1 Å². The van der Waals surface area contributed by atoms with E-state index in [2.05, 4.69) is 50.8 Å². The molecule has 5 rings (SSSR count). The summed E-state index contributed by atoms with van der Waals surface area (Å²) in [5, 5.41) is 1.16. The highest BCUT2D eigenvalue weighted by molar-refractivity contribution is 7.99. The van der Waals surface area contributed by atoms with Crippen LogP contribution in [0.15, 0.2) is 30.6 Å². The molecular formula is C25H32ClN5OS. The number of Topliss-reactive ketones (excluding diaryl/α,β-unsaturated/α-hetero) is 1. The van der Waals surface area contributed by atoms with Gasteiger partial charge in [-0.3, -0.25) is 9.69 Å². The second kappa shape index (κ2) is 9.53. The SMILES string of the molecule is CC1SCc2ncnc(N3CCN(CC(=O)C4(c5ccc(Cl)cc5)CCN(C)CC4)CC3)c21. The second-order valence-electron chi connectivity index (χ2n) is 9.59. The van der Waals surface area contributed by atoms with E-state index in [1.807, 2.05) is 23.9 Å². The first kappa shape index (κ1) is 23.1. The molecule has 8 heteroatoms. The molecule has 1 unspecified atom stereocenters. The van der Waals surface area contributed by atoms with Gasteiger partial charge in [0.2, 0.25) is 0 Å². The number of rotatable bonds is 5. The molecule has 33 heavy (non-hydrogen) atoms. The number of halogens is 1. The number of fused-ring (bicyclic) bond motifs is 1. The number of hydrogen-bond donors (Lipinski definition) is 0. The van der Waals surface area contributed by atoms with Crippen LogP contribution >= 0.6 is 23.4 Å². The molecule has 0 radical (unpaired) electrons. The topological polar surface area (TPSA) is 52.6 Å². The van der Waals surface area contributed by atoms with E-state index < -0.39 is 5.41 Å². The minimum Gasteiger partial charge on any atom is -0.354 e. The molecule has 0 bridgehead atoms. The standard InChI is InChI=1S/C25H32ClN5OS/c1-18-23-21(16-33-18)27-17-28-24(23)31-13-11-30(12-14-31)15-22(32)25(7-9-29(2)10-8-25)19-3-5-20(26)6-4-19/h3-6,17-18H,7-16H2,1-2H3. The Hall–Kier alpha value is -1.67. The van der Waals surface area contributed by atoms with Crippen LogP contribution in [0.3, 0.4) is 0 Å². The second-order valence-corrected chi connectivity index (χ2v) is 11.4. The van der Waals surface area contributed by atoms with Crippen molar-refractivity contribution in [1.82, 2.24) is 19.8 Å². The summed E-state index contributed by atoms with van der Waals surface area (Å²) in [7, 11) is 2.14. The summed E-state index contributed by atoms with van der Waals surface area (Å²) in [5.41, 5.74) is 3.20. The van der Waals surface area contributed by atoms with Gasteiger partial charge in [0.05, 0.1) is 17.7 Å². The van der Waals surface area contributed by atoms with Crippen molar-refractivity contribution in [2.75, 3.05) is 57.8 Å². The number of anilines is 1. The van der Waals surface area contributed by atoms with Gasteiger partial charge in [0.25, 0.3) is 0 Å². The summed E-state index contributed by atoms with van der Waals surface area (Å²) in [4.78, 5) is 30.0. The first-order valence-corrected chi connectivity index (χ1v) is 13.3. The predicted molar refractivity (Wildman–Crippen MR) is 135 cm³/mol. The number of likely N-dealkylation sites (tertiary alicyclic amines) is 1. The molecule has 0 saturated carbocycles. The van der Waals surface area contributed by atoms with Crippen LogP contribution < -0.4 is 4.90 Å². The highest BCUT2D eigenvalue weighted by Crippen LogP contribution is 2.44. The van der Waals surface area contributed by atoms with Crippen molar-refractivity contribution in [3.63, 3.8) is 0 Å². The highest BCUT2D eigenvalue weighted by Gasteiger charge is 2.42. The number of piperidine rings is 1. The van der Waals surface area contributed by atoms with E-state index in [1.165, 1.54) is 11.3 Å². The Labute approximate surface area is 205 Å². The summed E-state index contributed by atoms with van der Waals surface area (Å²) in [6.07, 6.45) is 3.44. The molecule has 0 amide bonds. The van der Waals surface area contributed by atoms with Crippen molar-refractivity contribution in [3.8, 4) is 0 Å². The third kappa shape index (κ3) is 4.53. The summed E-state index contributed by atoms with van der Waals surface area (Å²) in [6, 6.07) is 7.95. The van der Waals surface area contributed by atoms with Crippen LogP contribution in [0.5, 0.6) is 0 Å². The molecule has 3 aliphatic rings. The lowest BCUT2D eigenvalue weighted by molar-refractivity contribution is -0.127. The van der Waals surface area contributed by atoms with Crippen LogP contribution in [0.25, 0.3) is 0 Å². The number of carbonyl (C=O) groups excluding carboxylic acids is 1. The number of benzene rings is 1. The molecule has 176 valence electrons. The monoisotopic (exact) mass is 485 g/mol. The molecule has 4 heterocycles. The number of hydrogen-bond acceptors (Lipinski definition) is 7. The zero-order chi connectivity index (χ0) is 23.0. The van der Waals surface area contributed by atoms with Gasteiger partial charge in [0, 0.05) is 47.8 Å². The molecule has 6 nitrogen and oxygen atoms in total. The van der Waals surface area contributed by atoms with Crippen molar-refractivity contribution in [1.29, 1.82) is 0 Å². The van der Waals surface area contributed by atoms with E-state index in [1.54, 1.807) is 6.33 Å². The maximum atomic E-state index is 13.8. The number of carbonyl (C=O) groups is 1. The van der Waals surface area contributed by atoms with Gasteiger partial charge in [-0.15, -0.1) is 11.8 Å². The van der Waals surface area contributed by atoms with Gasteiger partial charge < -0.3 is 9.80 Å². The summed E-state index contributed by atoms with van der Waals surface area (Å²) < 4.78 is 0. The van der Waals surface area contributed by atoms with E-state index in [0.717, 1.165) is 69.2 Å². The quantitative estimate of drug-likeness (QED) is 0.638. The molecule has 2 fully saturated rings. The van der Waals surface area contributed by atoms with Gasteiger partial charge in [0.15, 0.2) is 5.78 Å². The minimum absolute atomic E-state index is 0.347. The van der Waals surface area contributed by atoms with Crippen LogP contribution in [-0.2, 0) is 16.0 Å². The van der Waals surface area contributed by atoms with E-state index in [-0.39, 0.29) is 0 Å². The van der Waals surface area contributed by atoms with Crippen LogP contribution in [0.4, 0.5) is 5.82 Å². The molecular weight excluding hydrogens is 454 g/mol. The zero-order valence-corrected chi connectivity index (χ0v) is 21.0. The molecule has 0 spiro atoms. The molecule has 0 aliphatic carbocycles. The maximum Gasteiger partial charge on any atom is 0.157 e. The minimum atomic E-state index is -0.408. The van der Waals surface area contributed by atoms with Crippen LogP contribution in [0.1, 0.15) is 41.8 Å². The maximum absolute atomic E-state index is 13.8. The summed E-state index contributed by atoms with van der Waals surface area (Å²) in [6.45, 7) is 8.18. The van der Waals surface area contributed by atoms with E-state index in [0.29, 0.717) is 22.6 Å². The molecule has 1 aromatic carbocycles. The van der Waals surface area contributed by atoms with Gasteiger partial charge >= 0.3 is 0 Å². The first-order valence-electron chi connectivity index (χ1n) is 11.9. The number of nitrogens with zero attached hydrogens (tertiary/aromatic N) is 5. The van der Waals surface area contributed by atoms with Crippen molar-refractivity contribution in [2.24, 2.45) is 0 Å². The number of ketones is 1. The largest absolute Gasteiger partial charge is 0.354 e. The van der Waals surface area contributed by atoms with E-state index in [9.17, 15) is 4.79 Å². The Bertz CT molecular complexity index is 1000. The number of piperazine rings is 1. The lowest BCUT2D eigenvalue weighted by atomic mass is 9.69. The fourth-order valence-corrected chi connectivity index (χ4v) is 6.63. The highest BCUT2D eigenvalue weighted by atomic mass is 35.5. The number of thioether (sulfide) groups is 1. The molecule has 1 aromatic heterocycles. The lowest BCUT2D eigenvalue weighted by Crippen LogP contribution is -2.53. The van der Waals surface area contributed by atoms with Gasteiger partial charge in [-0.1, -0.05) is 23.7 Å². The Kier molecular flexibility index (Phi) is 6.67. The van der Waals surface area contributed by atoms with Crippen LogP contribution in [0.2, 0.25) is 5.02 Å². The third-order valence-corrected chi connectivity index (χ3v) is 9.06.